The Labute approximate surface area is 116 Å². The van der Waals surface area contributed by atoms with E-state index < -0.39 is 0 Å². The van der Waals surface area contributed by atoms with Crippen LogP contribution in [-0.4, -0.2) is 25.7 Å². The van der Waals surface area contributed by atoms with Gasteiger partial charge in [0.2, 0.25) is 0 Å². The van der Waals surface area contributed by atoms with Gasteiger partial charge in [-0.1, -0.05) is 22.0 Å². The standard InChI is InChI=1S/C14H18BrNO2/c1-10-2-3-12(15)8-13(10)14(17)16-6-4-11-5-7-18-9-11/h2-3,8,11H,4-7,9H2,1H3,(H,16,17). The van der Waals surface area contributed by atoms with Gasteiger partial charge in [0, 0.05) is 29.8 Å². The topological polar surface area (TPSA) is 38.3 Å². The molecule has 1 heterocycles. The average molecular weight is 312 g/mol. The molecule has 0 aromatic heterocycles. The van der Waals surface area contributed by atoms with E-state index in [4.69, 9.17) is 4.74 Å². The van der Waals surface area contributed by atoms with Crippen LogP contribution in [0, 0.1) is 12.8 Å². The Morgan fingerprint density at radius 2 is 2.39 bits per heavy atom. The zero-order valence-corrected chi connectivity index (χ0v) is 12.1. The fraction of sp³-hybridized carbons (Fsp3) is 0.500. The highest BCUT2D eigenvalue weighted by atomic mass is 79.9. The van der Waals surface area contributed by atoms with Crippen molar-refractivity contribution in [2.45, 2.75) is 19.8 Å². The van der Waals surface area contributed by atoms with Gasteiger partial charge in [0.05, 0.1) is 0 Å². The van der Waals surface area contributed by atoms with Crippen LogP contribution in [-0.2, 0) is 4.74 Å². The van der Waals surface area contributed by atoms with Crippen molar-refractivity contribution in [1.82, 2.24) is 5.32 Å². The van der Waals surface area contributed by atoms with Crippen LogP contribution in [0.5, 0.6) is 0 Å². The summed E-state index contributed by atoms with van der Waals surface area (Å²) in [5.74, 6) is 0.613. The van der Waals surface area contributed by atoms with Crippen LogP contribution in [0.25, 0.3) is 0 Å². The minimum absolute atomic E-state index is 0.00714. The van der Waals surface area contributed by atoms with Gasteiger partial charge in [0.25, 0.3) is 5.91 Å². The zero-order chi connectivity index (χ0) is 13.0. The van der Waals surface area contributed by atoms with Gasteiger partial charge in [0.15, 0.2) is 0 Å². The maximum absolute atomic E-state index is 12.0. The van der Waals surface area contributed by atoms with Crippen molar-refractivity contribution >= 4 is 21.8 Å². The normalized spacial score (nSPS) is 18.9. The van der Waals surface area contributed by atoms with Gasteiger partial charge < -0.3 is 10.1 Å². The van der Waals surface area contributed by atoms with E-state index in [0.717, 1.165) is 48.2 Å². The highest BCUT2D eigenvalue weighted by molar-refractivity contribution is 9.10. The van der Waals surface area contributed by atoms with Crippen molar-refractivity contribution < 1.29 is 9.53 Å². The first-order valence-electron chi connectivity index (χ1n) is 6.29. The van der Waals surface area contributed by atoms with E-state index in [1.807, 2.05) is 25.1 Å². The summed E-state index contributed by atoms with van der Waals surface area (Å²) in [6.45, 7) is 4.38. The Morgan fingerprint density at radius 1 is 1.56 bits per heavy atom. The van der Waals surface area contributed by atoms with Crippen molar-refractivity contribution in [2.24, 2.45) is 5.92 Å². The van der Waals surface area contributed by atoms with Gasteiger partial charge in [-0.05, 0) is 43.4 Å². The molecule has 1 saturated heterocycles. The Bertz CT molecular complexity index is 428. The van der Waals surface area contributed by atoms with E-state index >= 15 is 0 Å². The van der Waals surface area contributed by atoms with Gasteiger partial charge in [-0.3, -0.25) is 4.79 Å². The minimum Gasteiger partial charge on any atom is -0.381 e. The third kappa shape index (κ3) is 3.56. The van der Waals surface area contributed by atoms with E-state index in [0.29, 0.717) is 5.92 Å². The third-order valence-electron chi connectivity index (χ3n) is 3.31. The molecule has 0 saturated carbocycles. The molecular weight excluding hydrogens is 294 g/mol. The summed E-state index contributed by atoms with van der Waals surface area (Å²) in [4.78, 5) is 12.0. The third-order valence-corrected chi connectivity index (χ3v) is 3.80. The lowest BCUT2D eigenvalue weighted by Gasteiger charge is -2.10. The molecule has 1 aromatic carbocycles. The molecule has 98 valence electrons. The van der Waals surface area contributed by atoms with Gasteiger partial charge in [-0.2, -0.15) is 0 Å². The molecule has 1 aliphatic heterocycles. The predicted octanol–water partition coefficient (Wildman–Crippen LogP) is 2.91. The molecule has 1 N–H and O–H groups in total. The van der Waals surface area contributed by atoms with E-state index in [-0.39, 0.29) is 5.91 Å². The van der Waals surface area contributed by atoms with Gasteiger partial charge in [-0.15, -0.1) is 0 Å². The molecular formula is C14H18BrNO2. The summed E-state index contributed by atoms with van der Waals surface area (Å²) in [6, 6.07) is 5.76. The predicted molar refractivity (Wildman–Crippen MR) is 74.8 cm³/mol. The summed E-state index contributed by atoms with van der Waals surface area (Å²) in [5, 5.41) is 2.98. The first kappa shape index (κ1) is 13.6. The molecule has 18 heavy (non-hydrogen) atoms. The lowest BCUT2D eigenvalue weighted by molar-refractivity contribution is 0.0950. The molecule has 0 aliphatic carbocycles. The maximum atomic E-state index is 12.0. The summed E-state index contributed by atoms with van der Waals surface area (Å²) in [6.07, 6.45) is 2.12. The van der Waals surface area contributed by atoms with Crippen LogP contribution >= 0.6 is 15.9 Å². The quantitative estimate of drug-likeness (QED) is 0.928. The summed E-state index contributed by atoms with van der Waals surface area (Å²) in [7, 11) is 0. The molecule has 1 unspecified atom stereocenters. The van der Waals surface area contributed by atoms with Crippen molar-refractivity contribution in [1.29, 1.82) is 0 Å². The number of nitrogens with one attached hydrogen (secondary N) is 1. The largest absolute Gasteiger partial charge is 0.381 e. The van der Waals surface area contributed by atoms with Crippen LogP contribution in [0.2, 0.25) is 0 Å². The van der Waals surface area contributed by atoms with Crippen LogP contribution in [0.1, 0.15) is 28.8 Å². The molecule has 0 radical (unpaired) electrons. The number of amides is 1. The molecule has 1 aromatic rings. The lowest BCUT2D eigenvalue weighted by atomic mass is 10.0. The average Bonchev–Trinajstić information content (AvgIpc) is 2.85. The van der Waals surface area contributed by atoms with Crippen LogP contribution in [0.3, 0.4) is 0 Å². The number of rotatable bonds is 4. The number of carbonyl (C=O) groups excluding carboxylic acids is 1. The molecule has 1 atom stereocenters. The summed E-state index contributed by atoms with van der Waals surface area (Å²) in [5.41, 5.74) is 1.74. The highest BCUT2D eigenvalue weighted by Crippen LogP contribution is 2.17. The Hall–Kier alpha value is -0.870. The lowest BCUT2D eigenvalue weighted by Crippen LogP contribution is -2.26. The second-order valence-corrected chi connectivity index (χ2v) is 5.65. The summed E-state index contributed by atoms with van der Waals surface area (Å²) < 4.78 is 6.25. The number of benzene rings is 1. The Morgan fingerprint density at radius 3 is 3.11 bits per heavy atom. The van der Waals surface area contributed by atoms with E-state index in [1.54, 1.807) is 0 Å². The Balaban J connectivity index is 1.85. The van der Waals surface area contributed by atoms with Crippen molar-refractivity contribution in [3.8, 4) is 0 Å². The second kappa shape index (κ2) is 6.34. The SMILES string of the molecule is Cc1ccc(Br)cc1C(=O)NCCC1CCOC1. The molecule has 4 heteroatoms. The first-order valence-corrected chi connectivity index (χ1v) is 7.08. The fourth-order valence-electron chi connectivity index (χ4n) is 2.13. The Kier molecular flexibility index (Phi) is 4.78. The maximum Gasteiger partial charge on any atom is 0.251 e. The second-order valence-electron chi connectivity index (χ2n) is 4.73. The smallest absolute Gasteiger partial charge is 0.251 e. The van der Waals surface area contributed by atoms with Crippen molar-refractivity contribution in [3.63, 3.8) is 0 Å². The molecule has 1 amide bonds. The molecule has 1 aliphatic rings. The number of ether oxygens (including phenoxy) is 1. The van der Waals surface area contributed by atoms with Crippen molar-refractivity contribution in [3.05, 3.63) is 33.8 Å². The van der Waals surface area contributed by atoms with Gasteiger partial charge in [0.1, 0.15) is 0 Å². The highest BCUT2D eigenvalue weighted by Gasteiger charge is 2.16. The van der Waals surface area contributed by atoms with Crippen molar-refractivity contribution in [2.75, 3.05) is 19.8 Å². The van der Waals surface area contributed by atoms with Gasteiger partial charge >= 0.3 is 0 Å². The minimum atomic E-state index is 0.00714. The number of halogens is 1. The fourth-order valence-corrected chi connectivity index (χ4v) is 2.50. The molecule has 1 fully saturated rings. The number of aryl methyl sites for hydroxylation is 1. The van der Waals surface area contributed by atoms with Crippen LogP contribution in [0.15, 0.2) is 22.7 Å². The van der Waals surface area contributed by atoms with Crippen LogP contribution in [0.4, 0.5) is 0 Å². The monoisotopic (exact) mass is 311 g/mol. The first-order chi connectivity index (χ1) is 8.66. The molecule has 0 spiro atoms. The van der Waals surface area contributed by atoms with Crippen LogP contribution < -0.4 is 5.32 Å². The number of hydrogen-bond acceptors (Lipinski definition) is 2. The summed E-state index contributed by atoms with van der Waals surface area (Å²) >= 11 is 3.39. The number of carbonyl (C=O) groups is 1. The van der Waals surface area contributed by atoms with Gasteiger partial charge in [-0.25, -0.2) is 0 Å². The van der Waals surface area contributed by atoms with E-state index in [2.05, 4.69) is 21.2 Å². The van der Waals surface area contributed by atoms with E-state index in [1.165, 1.54) is 0 Å². The molecule has 3 nitrogen and oxygen atoms in total. The van der Waals surface area contributed by atoms with E-state index in [9.17, 15) is 4.79 Å². The number of hydrogen-bond donors (Lipinski definition) is 1. The molecule has 2 rings (SSSR count). The molecule has 0 bridgehead atoms. The zero-order valence-electron chi connectivity index (χ0n) is 10.5.